The van der Waals surface area contributed by atoms with Crippen molar-refractivity contribution in [1.82, 2.24) is 24.9 Å². The highest BCUT2D eigenvalue weighted by Gasteiger charge is 2.16. The largest absolute Gasteiger partial charge is 0.391 e. The molecule has 3 heterocycles. The van der Waals surface area contributed by atoms with Crippen molar-refractivity contribution in [2.45, 2.75) is 26.4 Å². The smallest absolute Gasteiger partial charge is 0.253 e. The highest BCUT2D eigenvalue weighted by Crippen LogP contribution is 2.25. The van der Waals surface area contributed by atoms with Crippen LogP contribution in [0.25, 0.3) is 16.8 Å². The van der Waals surface area contributed by atoms with Crippen molar-refractivity contribution in [2.75, 3.05) is 12.3 Å². The van der Waals surface area contributed by atoms with E-state index in [2.05, 4.69) is 20.4 Å². The summed E-state index contributed by atoms with van der Waals surface area (Å²) >= 11 is 0. The first-order valence-electron chi connectivity index (χ1n) is 10.0. The summed E-state index contributed by atoms with van der Waals surface area (Å²) in [6.07, 6.45) is 1.57. The Morgan fingerprint density at radius 2 is 1.90 bits per heavy atom. The summed E-state index contributed by atoms with van der Waals surface area (Å²) in [4.78, 5) is 21.6. The molecule has 0 aliphatic rings. The molecular formula is C23H24N6O2. The molecule has 1 aromatic carbocycles. The van der Waals surface area contributed by atoms with Crippen LogP contribution in [0.3, 0.4) is 0 Å². The standard InChI is InChI=1S/C23H24N6O2/c1-14-19(17-8-9-29-21(11-17)27-23(24)28-29)12-20(15(2)26-14)22(31)25-13-18(30)10-16-6-4-3-5-7-16/h3-9,11-12,18,30H,10,13H2,1-2H3,(H2,24,28)(H,25,31). The molecule has 1 unspecified atom stereocenters. The van der Waals surface area contributed by atoms with Crippen LogP contribution in [-0.2, 0) is 6.42 Å². The molecule has 8 heteroatoms. The number of nitrogens with one attached hydrogen (secondary N) is 1. The van der Waals surface area contributed by atoms with Crippen molar-refractivity contribution in [1.29, 1.82) is 0 Å². The van der Waals surface area contributed by atoms with Gasteiger partial charge in [0.25, 0.3) is 5.91 Å². The Morgan fingerprint density at radius 3 is 2.68 bits per heavy atom. The summed E-state index contributed by atoms with van der Waals surface area (Å²) < 4.78 is 1.59. The lowest BCUT2D eigenvalue weighted by atomic mass is 10.0. The molecule has 0 aliphatic heterocycles. The van der Waals surface area contributed by atoms with E-state index in [1.807, 2.05) is 55.5 Å². The molecular weight excluding hydrogens is 392 g/mol. The molecule has 8 nitrogen and oxygen atoms in total. The number of nitrogens with zero attached hydrogens (tertiary/aromatic N) is 4. The summed E-state index contributed by atoms with van der Waals surface area (Å²) in [5.41, 5.74) is 10.9. The Balaban J connectivity index is 1.53. The third-order valence-corrected chi connectivity index (χ3v) is 5.13. The lowest BCUT2D eigenvalue weighted by Crippen LogP contribution is -2.33. The van der Waals surface area contributed by atoms with E-state index in [1.54, 1.807) is 17.6 Å². The number of pyridine rings is 2. The van der Waals surface area contributed by atoms with Crippen LogP contribution in [-0.4, -0.2) is 43.2 Å². The van der Waals surface area contributed by atoms with E-state index in [0.29, 0.717) is 23.3 Å². The molecule has 4 N–H and O–H groups in total. The zero-order chi connectivity index (χ0) is 22.0. The summed E-state index contributed by atoms with van der Waals surface area (Å²) in [7, 11) is 0. The molecule has 0 aliphatic carbocycles. The zero-order valence-corrected chi connectivity index (χ0v) is 17.4. The Morgan fingerprint density at radius 1 is 1.13 bits per heavy atom. The Hall–Kier alpha value is -3.78. The van der Waals surface area contributed by atoms with Gasteiger partial charge in [0.15, 0.2) is 5.65 Å². The predicted octanol–water partition coefficient (Wildman–Crippen LogP) is 2.32. The van der Waals surface area contributed by atoms with Gasteiger partial charge in [0.2, 0.25) is 5.95 Å². The van der Waals surface area contributed by atoms with Crippen LogP contribution in [0.1, 0.15) is 27.3 Å². The number of aryl methyl sites for hydroxylation is 2. The van der Waals surface area contributed by atoms with Crippen LogP contribution >= 0.6 is 0 Å². The van der Waals surface area contributed by atoms with Crippen LogP contribution < -0.4 is 11.1 Å². The number of nitrogen functional groups attached to an aromatic ring is 1. The van der Waals surface area contributed by atoms with Crippen LogP contribution in [0.2, 0.25) is 0 Å². The van der Waals surface area contributed by atoms with E-state index in [1.165, 1.54) is 0 Å². The van der Waals surface area contributed by atoms with Crippen molar-refractivity contribution in [3.8, 4) is 11.1 Å². The second-order valence-electron chi connectivity index (χ2n) is 7.50. The van der Waals surface area contributed by atoms with E-state index < -0.39 is 6.10 Å². The van der Waals surface area contributed by atoms with Crippen molar-refractivity contribution < 1.29 is 9.90 Å². The van der Waals surface area contributed by atoms with Gasteiger partial charge in [-0.1, -0.05) is 30.3 Å². The van der Waals surface area contributed by atoms with Gasteiger partial charge in [0.05, 0.1) is 17.4 Å². The molecule has 158 valence electrons. The maximum atomic E-state index is 12.8. The van der Waals surface area contributed by atoms with Crippen molar-refractivity contribution in [3.63, 3.8) is 0 Å². The van der Waals surface area contributed by atoms with Crippen molar-refractivity contribution in [3.05, 3.63) is 77.2 Å². The molecule has 4 rings (SSSR count). The van der Waals surface area contributed by atoms with E-state index in [4.69, 9.17) is 5.73 Å². The molecule has 0 saturated carbocycles. The summed E-state index contributed by atoms with van der Waals surface area (Å²) in [6.45, 7) is 3.85. The second-order valence-corrected chi connectivity index (χ2v) is 7.50. The van der Waals surface area contributed by atoms with Gasteiger partial charge in [-0.25, -0.2) is 4.52 Å². The van der Waals surface area contributed by atoms with Crippen LogP contribution in [0, 0.1) is 13.8 Å². The van der Waals surface area contributed by atoms with E-state index in [9.17, 15) is 9.90 Å². The number of amides is 1. The van der Waals surface area contributed by atoms with Gasteiger partial charge in [0.1, 0.15) is 0 Å². The molecule has 1 amide bonds. The van der Waals surface area contributed by atoms with Crippen molar-refractivity contribution >= 4 is 17.5 Å². The van der Waals surface area contributed by atoms with Gasteiger partial charge in [-0.05, 0) is 43.2 Å². The predicted molar refractivity (Wildman–Crippen MR) is 119 cm³/mol. The minimum atomic E-state index is -0.676. The maximum Gasteiger partial charge on any atom is 0.253 e. The molecule has 0 radical (unpaired) electrons. The number of aliphatic hydroxyl groups is 1. The highest BCUT2D eigenvalue weighted by atomic mass is 16.3. The highest BCUT2D eigenvalue weighted by molar-refractivity contribution is 5.96. The molecule has 3 aromatic heterocycles. The second kappa shape index (κ2) is 8.53. The van der Waals surface area contributed by atoms with Gasteiger partial charge < -0.3 is 16.2 Å². The zero-order valence-electron chi connectivity index (χ0n) is 17.4. The van der Waals surface area contributed by atoms with Gasteiger partial charge in [-0.2, -0.15) is 4.98 Å². The first-order chi connectivity index (χ1) is 14.9. The number of carbonyl (C=O) groups excluding carboxylic acids is 1. The number of aliphatic hydroxyl groups excluding tert-OH is 1. The molecule has 0 fully saturated rings. The van der Waals surface area contributed by atoms with Crippen LogP contribution in [0.5, 0.6) is 0 Å². The van der Waals surface area contributed by atoms with Crippen molar-refractivity contribution in [2.24, 2.45) is 0 Å². The third-order valence-electron chi connectivity index (χ3n) is 5.13. The Labute approximate surface area is 179 Å². The monoisotopic (exact) mass is 416 g/mol. The quantitative estimate of drug-likeness (QED) is 0.444. The number of carbonyl (C=O) groups is 1. The number of rotatable bonds is 6. The van der Waals surface area contributed by atoms with Gasteiger partial charge >= 0.3 is 0 Å². The number of fused-ring (bicyclic) bond motifs is 1. The molecule has 4 aromatic rings. The molecule has 31 heavy (non-hydrogen) atoms. The first-order valence-corrected chi connectivity index (χ1v) is 10.0. The summed E-state index contributed by atoms with van der Waals surface area (Å²) in [5, 5.41) is 17.2. The lowest BCUT2D eigenvalue weighted by molar-refractivity contribution is 0.0915. The average molecular weight is 416 g/mol. The fourth-order valence-electron chi connectivity index (χ4n) is 3.58. The van der Waals surface area contributed by atoms with E-state index in [0.717, 1.165) is 22.4 Å². The van der Waals surface area contributed by atoms with E-state index in [-0.39, 0.29) is 18.4 Å². The molecule has 0 bridgehead atoms. The van der Waals surface area contributed by atoms with Crippen LogP contribution in [0.4, 0.5) is 5.95 Å². The Kier molecular flexibility index (Phi) is 5.64. The molecule has 0 saturated heterocycles. The fraction of sp³-hybridized carbons (Fsp3) is 0.217. The van der Waals surface area contributed by atoms with Gasteiger partial charge in [0, 0.05) is 30.4 Å². The number of hydrogen-bond donors (Lipinski definition) is 3. The fourth-order valence-corrected chi connectivity index (χ4v) is 3.58. The SMILES string of the molecule is Cc1nc(C)c(-c2ccn3nc(N)nc3c2)cc1C(=O)NCC(O)Cc1ccccc1. The number of anilines is 1. The minimum Gasteiger partial charge on any atom is -0.391 e. The van der Waals surface area contributed by atoms with Gasteiger partial charge in [-0.3, -0.25) is 9.78 Å². The third kappa shape index (κ3) is 4.54. The number of nitrogens with two attached hydrogens (primary N) is 1. The number of hydrogen-bond acceptors (Lipinski definition) is 6. The number of benzene rings is 1. The summed E-state index contributed by atoms with van der Waals surface area (Å²) in [6, 6.07) is 15.2. The lowest BCUT2D eigenvalue weighted by Gasteiger charge is -2.14. The topological polar surface area (TPSA) is 118 Å². The van der Waals surface area contributed by atoms with Gasteiger partial charge in [-0.15, -0.1) is 5.10 Å². The first kappa shape index (κ1) is 20.5. The summed E-state index contributed by atoms with van der Waals surface area (Å²) in [5.74, 6) is -0.0730. The molecule has 1 atom stereocenters. The minimum absolute atomic E-state index is 0.154. The van der Waals surface area contributed by atoms with E-state index >= 15 is 0 Å². The average Bonchev–Trinajstić information content (AvgIpc) is 3.12. The maximum absolute atomic E-state index is 12.8. The van der Waals surface area contributed by atoms with Crippen LogP contribution in [0.15, 0.2) is 54.7 Å². The molecule has 0 spiro atoms. The number of aromatic nitrogens is 4. The normalized spacial score (nSPS) is 12.1. The Bertz CT molecular complexity index is 1240.